The maximum atomic E-state index is 13.4. The summed E-state index contributed by atoms with van der Waals surface area (Å²) in [6.07, 6.45) is 5.81. The first-order valence-electron chi connectivity index (χ1n) is 13.9. The normalized spacial score (nSPS) is 19.8. The van der Waals surface area contributed by atoms with Crippen LogP contribution in [0.25, 0.3) is 0 Å². The molecule has 9 heteroatoms. The van der Waals surface area contributed by atoms with E-state index in [-0.39, 0.29) is 36.9 Å². The van der Waals surface area contributed by atoms with Gasteiger partial charge in [0, 0.05) is 38.8 Å². The molecule has 2 aliphatic rings. The Kier molecular flexibility index (Phi) is 10.9. The molecule has 38 heavy (non-hydrogen) atoms. The lowest BCUT2D eigenvalue weighted by Crippen LogP contribution is -2.51. The minimum Gasteiger partial charge on any atom is -0.480 e. The molecule has 2 fully saturated rings. The summed E-state index contributed by atoms with van der Waals surface area (Å²) in [5, 5.41) is 12.1. The Morgan fingerprint density at radius 3 is 2.24 bits per heavy atom. The molecule has 0 aromatic heterocycles. The molecule has 2 N–H and O–H groups in total. The molecule has 9 nitrogen and oxygen atoms in total. The smallest absolute Gasteiger partial charge is 0.326 e. The molecule has 2 saturated heterocycles. The van der Waals surface area contributed by atoms with Crippen molar-refractivity contribution in [2.75, 3.05) is 13.1 Å². The summed E-state index contributed by atoms with van der Waals surface area (Å²) < 4.78 is 0. The third-order valence-electron chi connectivity index (χ3n) is 7.55. The summed E-state index contributed by atoms with van der Waals surface area (Å²) in [6.45, 7) is 5.06. The van der Waals surface area contributed by atoms with Gasteiger partial charge >= 0.3 is 5.97 Å². The van der Waals surface area contributed by atoms with Crippen molar-refractivity contribution in [3.63, 3.8) is 0 Å². The zero-order chi connectivity index (χ0) is 27.7. The highest BCUT2D eigenvalue weighted by molar-refractivity contribution is 5.95. The average molecular weight is 528 g/mol. The fourth-order valence-corrected chi connectivity index (χ4v) is 5.38. The number of carbonyl (C=O) groups excluding carboxylic acids is 4. The lowest BCUT2D eigenvalue weighted by molar-refractivity contribution is -0.146. The molecule has 1 aromatic rings. The van der Waals surface area contributed by atoms with Crippen molar-refractivity contribution in [2.45, 2.75) is 103 Å². The highest BCUT2D eigenvalue weighted by Gasteiger charge is 2.41. The molecule has 3 amide bonds. The Balaban J connectivity index is 1.52. The van der Waals surface area contributed by atoms with Gasteiger partial charge in [0.2, 0.25) is 17.7 Å². The molecule has 0 bridgehead atoms. The largest absolute Gasteiger partial charge is 0.480 e. The first-order valence-corrected chi connectivity index (χ1v) is 13.9. The number of hydrogen-bond donors (Lipinski definition) is 2. The Hall–Kier alpha value is -3.23. The number of carbonyl (C=O) groups is 5. The van der Waals surface area contributed by atoms with Crippen LogP contribution in [-0.2, 0) is 30.4 Å². The van der Waals surface area contributed by atoms with Crippen LogP contribution in [0.3, 0.4) is 0 Å². The molecule has 3 rings (SSSR count). The molecule has 2 heterocycles. The van der Waals surface area contributed by atoms with Crippen LogP contribution in [0, 0.1) is 6.92 Å². The van der Waals surface area contributed by atoms with Crippen LogP contribution in [0.1, 0.15) is 82.3 Å². The lowest BCUT2D eigenvalue weighted by Gasteiger charge is -2.31. The standard InChI is InChI=1S/C29H41N3O6/c1-3-4-5-10-27(35)31-17-7-9-24(31)28(36)32-18-6-8-23(32)25(33)15-16-26(34)30-22(29(37)38)19-21-13-11-20(2)12-14-21/h11-14,22-24H,3-10,15-19H2,1-2H3,(H,30,34)(H,37,38)/t22-,23-,24-/m0/s1. The quantitative estimate of drug-likeness (QED) is 0.380. The van der Waals surface area contributed by atoms with Gasteiger partial charge in [-0.05, 0) is 44.6 Å². The van der Waals surface area contributed by atoms with Gasteiger partial charge in [0.05, 0.1) is 6.04 Å². The number of aliphatic carboxylic acids is 1. The zero-order valence-corrected chi connectivity index (χ0v) is 22.6. The second-order valence-corrected chi connectivity index (χ2v) is 10.5. The minimum atomic E-state index is -1.14. The maximum absolute atomic E-state index is 13.4. The van der Waals surface area contributed by atoms with Crippen molar-refractivity contribution in [2.24, 2.45) is 0 Å². The van der Waals surface area contributed by atoms with Crippen molar-refractivity contribution in [1.82, 2.24) is 15.1 Å². The Labute approximate surface area is 224 Å². The number of rotatable bonds is 13. The van der Waals surface area contributed by atoms with Crippen molar-refractivity contribution in [3.05, 3.63) is 35.4 Å². The van der Waals surface area contributed by atoms with E-state index in [4.69, 9.17) is 0 Å². The van der Waals surface area contributed by atoms with Crippen LogP contribution in [0.4, 0.5) is 0 Å². The molecule has 0 saturated carbocycles. The summed E-state index contributed by atoms with van der Waals surface area (Å²) >= 11 is 0. The molecular weight excluding hydrogens is 486 g/mol. The van der Waals surface area contributed by atoms with Crippen LogP contribution in [0.2, 0.25) is 0 Å². The second-order valence-electron chi connectivity index (χ2n) is 10.5. The fraction of sp³-hybridized carbons (Fsp3) is 0.621. The monoisotopic (exact) mass is 527 g/mol. The third kappa shape index (κ3) is 7.88. The molecule has 3 atom stereocenters. The molecule has 2 aliphatic heterocycles. The first-order chi connectivity index (χ1) is 18.2. The van der Waals surface area contributed by atoms with E-state index in [1.165, 1.54) is 0 Å². The van der Waals surface area contributed by atoms with E-state index in [0.29, 0.717) is 38.8 Å². The van der Waals surface area contributed by atoms with Gasteiger partial charge < -0.3 is 20.2 Å². The van der Waals surface area contributed by atoms with Crippen LogP contribution in [0.5, 0.6) is 0 Å². The number of nitrogens with one attached hydrogen (secondary N) is 1. The summed E-state index contributed by atoms with van der Waals surface area (Å²) in [4.78, 5) is 66.6. The molecule has 0 aliphatic carbocycles. The third-order valence-corrected chi connectivity index (χ3v) is 7.55. The van der Waals surface area contributed by atoms with Crippen LogP contribution in [0.15, 0.2) is 24.3 Å². The second kappa shape index (κ2) is 14.1. The number of likely N-dealkylation sites (tertiary alicyclic amines) is 2. The molecular formula is C29H41N3O6. The van der Waals surface area contributed by atoms with E-state index in [2.05, 4.69) is 12.2 Å². The number of hydrogen-bond acceptors (Lipinski definition) is 5. The van der Waals surface area contributed by atoms with Gasteiger partial charge in [-0.1, -0.05) is 49.6 Å². The van der Waals surface area contributed by atoms with Crippen molar-refractivity contribution >= 4 is 29.5 Å². The van der Waals surface area contributed by atoms with Gasteiger partial charge in [-0.15, -0.1) is 0 Å². The van der Waals surface area contributed by atoms with Crippen LogP contribution in [-0.4, -0.2) is 75.6 Å². The molecule has 208 valence electrons. The lowest BCUT2D eigenvalue weighted by atomic mass is 10.0. The van der Waals surface area contributed by atoms with Crippen LogP contribution >= 0.6 is 0 Å². The van der Waals surface area contributed by atoms with E-state index in [1.807, 2.05) is 31.2 Å². The predicted molar refractivity (Wildman–Crippen MR) is 142 cm³/mol. The zero-order valence-electron chi connectivity index (χ0n) is 22.6. The van der Waals surface area contributed by atoms with E-state index < -0.39 is 30.0 Å². The topological polar surface area (TPSA) is 124 Å². The number of carboxylic acid groups (broad SMARTS) is 1. The molecule has 0 spiro atoms. The Bertz CT molecular complexity index is 1010. The molecule has 0 unspecified atom stereocenters. The van der Waals surface area contributed by atoms with Crippen molar-refractivity contribution < 1.29 is 29.1 Å². The number of unbranched alkanes of at least 4 members (excludes halogenated alkanes) is 2. The number of benzene rings is 1. The summed E-state index contributed by atoms with van der Waals surface area (Å²) in [7, 11) is 0. The van der Waals surface area contributed by atoms with Gasteiger partial charge in [-0.3, -0.25) is 19.2 Å². The number of carboxylic acids is 1. The van der Waals surface area contributed by atoms with Crippen molar-refractivity contribution in [3.8, 4) is 0 Å². The van der Waals surface area contributed by atoms with E-state index in [0.717, 1.165) is 36.8 Å². The summed E-state index contributed by atoms with van der Waals surface area (Å²) in [6, 6.07) is 5.23. The number of ketones is 1. The fourth-order valence-electron chi connectivity index (χ4n) is 5.38. The number of nitrogens with zero attached hydrogens (tertiary/aromatic N) is 2. The average Bonchev–Trinajstić information content (AvgIpc) is 3.58. The van der Waals surface area contributed by atoms with Crippen molar-refractivity contribution in [1.29, 1.82) is 0 Å². The van der Waals surface area contributed by atoms with Gasteiger partial charge in [-0.2, -0.15) is 0 Å². The Morgan fingerprint density at radius 1 is 0.921 bits per heavy atom. The minimum absolute atomic E-state index is 0.00617. The number of amides is 3. The number of Topliss-reactive ketones (excluding diaryl/α,β-unsaturated/α-hetero) is 1. The highest BCUT2D eigenvalue weighted by Crippen LogP contribution is 2.27. The summed E-state index contributed by atoms with van der Waals surface area (Å²) in [5.74, 6) is -2.01. The van der Waals surface area contributed by atoms with Crippen LogP contribution < -0.4 is 5.32 Å². The van der Waals surface area contributed by atoms with E-state index in [1.54, 1.807) is 9.80 Å². The van der Waals surface area contributed by atoms with E-state index >= 15 is 0 Å². The Morgan fingerprint density at radius 2 is 1.58 bits per heavy atom. The first kappa shape index (κ1) is 29.3. The maximum Gasteiger partial charge on any atom is 0.326 e. The number of aryl methyl sites for hydroxylation is 1. The van der Waals surface area contributed by atoms with Gasteiger partial charge in [0.25, 0.3) is 0 Å². The molecule has 0 radical (unpaired) electrons. The van der Waals surface area contributed by atoms with Gasteiger partial charge in [0.1, 0.15) is 12.1 Å². The van der Waals surface area contributed by atoms with Gasteiger partial charge in [0.15, 0.2) is 5.78 Å². The SMILES string of the molecule is CCCCCC(=O)N1CCC[C@H]1C(=O)N1CCC[C@H]1C(=O)CCC(=O)N[C@@H](Cc1ccc(C)cc1)C(=O)O. The molecule has 1 aromatic carbocycles. The van der Waals surface area contributed by atoms with E-state index in [9.17, 15) is 29.1 Å². The predicted octanol–water partition coefficient (Wildman–Crippen LogP) is 3.02. The highest BCUT2D eigenvalue weighted by atomic mass is 16.4. The van der Waals surface area contributed by atoms with Gasteiger partial charge in [-0.25, -0.2) is 4.79 Å². The summed E-state index contributed by atoms with van der Waals surface area (Å²) in [5.41, 5.74) is 1.85.